The molecule has 1 heterocycles. The maximum absolute atomic E-state index is 12.1. The van der Waals surface area contributed by atoms with Crippen LogP contribution in [0.4, 0.5) is 11.5 Å². The molecule has 0 saturated heterocycles. The van der Waals surface area contributed by atoms with Gasteiger partial charge in [-0.3, -0.25) is 4.72 Å². The van der Waals surface area contributed by atoms with Crippen LogP contribution in [-0.4, -0.2) is 13.4 Å². The number of nitrogen functional groups attached to an aromatic ring is 1. The van der Waals surface area contributed by atoms with Gasteiger partial charge in [-0.15, -0.1) is 0 Å². The minimum absolute atomic E-state index is 0.00366. The van der Waals surface area contributed by atoms with Crippen LogP contribution in [-0.2, 0) is 10.0 Å². The summed E-state index contributed by atoms with van der Waals surface area (Å²) in [7, 11) is -3.79. The monoisotopic (exact) mass is 317 g/mol. The number of benzene rings is 1. The summed E-state index contributed by atoms with van der Waals surface area (Å²) in [6.07, 6.45) is 1.31. The zero-order valence-electron chi connectivity index (χ0n) is 9.47. The van der Waals surface area contributed by atoms with Crippen LogP contribution in [0.2, 0.25) is 10.0 Å². The van der Waals surface area contributed by atoms with Gasteiger partial charge in [0, 0.05) is 12.3 Å². The number of sulfonamides is 1. The SMILES string of the molecule is Nc1cc(S(=O)(=O)Nc2cccc(Cl)c2Cl)ccn1. The number of pyridine rings is 1. The Kier molecular flexibility index (Phi) is 3.84. The highest BCUT2D eigenvalue weighted by atomic mass is 35.5. The van der Waals surface area contributed by atoms with Crippen molar-refractivity contribution in [1.82, 2.24) is 4.98 Å². The van der Waals surface area contributed by atoms with Crippen molar-refractivity contribution in [3.05, 3.63) is 46.6 Å². The minimum atomic E-state index is -3.79. The molecule has 0 aliphatic rings. The number of nitrogens with zero attached hydrogens (tertiary/aromatic N) is 1. The van der Waals surface area contributed by atoms with Crippen LogP contribution in [0.5, 0.6) is 0 Å². The molecule has 0 radical (unpaired) electrons. The van der Waals surface area contributed by atoms with Crippen LogP contribution in [0, 0.1) is 0 Å². The van der Waals surface area contributed by atoms with Crippen molar-refractivity contribution in [1.29, 1.82) is 0 Å². The Bertz CT molecular complexity index is 720. The summed E-state index contributed by atoms with van der Waals surface area (Å²) in [6.45, 7) is 0. The topological polar surface area (TPSA) is 85.1 Å². The zero-order valence-corrected chi connectivity index (χ0v) is 11.8. The number of anilines is 2. The maximum atomic E-state index is 12.1. The van der Waals surface area contributed by atoms with Crippen LogP contribution in [0.25, 0.3) is 0 Å². The summed E-state index contributed by atoms with van der Waals surface area (Å²) in [5.74, 6) is 0.111. The molecule has 0 fully saturated rings. The second-order valence-corrected chi connectivity index (χ2v) is 6.09. The van der Waals surface area contributed by atoms with E-state index >= 15 is 0 Å². The first-order valence-electron chi connectivity index (χ1n) is 5.08. The van der Waals surface area contributed by atoms with Gasteiger partial charge >= 0.3 is 0 Å². The van der Waals surface area contributed by atoms with Crippen molar-refractivity contribution >= 4 is 44.7 Å². The van der Waals surface area contributed by atoms with Gasteiger partial charge in [0.2, 0.25) is 0 Å². The molecule has 8 heteroatoms. The van der Waals surface area contributed by atoms with E-state index < -0.39 is 10.0 Å². The van der Waals surface area contributed by atoms with Gasteiger partial charge in [0.05, 0.1) is 20.6 Å². The third-order valence-electron chi connectivity index (χ3n) is 2.26. The van der Waals surface area contributed by atoms with Crippen molar-refractivity contribution in [3.8, 4) is 0 Å². The van der Waals surface area contributed by atoms with Gasteiger partial charge in [-0.25, -0.2) is 13.4 Å². The molecule has 3 N–H and O–H groups in total. The van der Waals surface area contributed by atoms with Gasteiger partial charge in [0.1, 0.15) is 5.82 Å². The number of nitrogens with one attached hydrogen (secondary N) is 1. The number of hydrogen-bond donors (Lipinski definition) is 2. The minimum Gasteiger partial charge on any atom is -0.384 e. The van der Waals surface area contributed by atoms with E-state index in [0.29, 0.717) is 0 Å². The molecule has 1 aromatic carbocycles. The Morgan fingerprint density at radius 2 is 1.95 bits per heavy atom. The molecule has 0 bridgehead atoms. The molecule has 0 saturated carbocycles. The number of nitrogens with two attached hydrogens (primary N) is 1. The van der Waals surface area contributed by atoms with E-state index in [1.165, 1.54) is 24.4 Å². The number of aromatic nitrogens is 1. The van der Waals surface area contributed by atoms with Gasteiger partial charge in [0.15, 0.2) is 0 Å². The van der Waals surface area contributed by atoms with Crippen molar-refractivity contribution in [3.63, 3.8) is 0 Å². The maximum Gasteiger partial charge on any atom is 0.262 e. The highest BCUT2D eigenvalue weighted by molar-refractivity contribution is 7.92. The first-order chi connectivity index (χ1) is 8.90. The predicted octanol–water partition coefficient (Wildman–Crippen LogP) is 2.77. The molecule has 0 aliphatic carbocycles. The average molecular weight is 318 g/mol. The molecule has 0 unspecified atom stereocenters. The molecule has 100 valence electrons. The normalized spacial score (nSPS) is 11.3. The lowest BCUT2D eigenvalue weighted by molar-refractivity contribution is 0.601. The quantitative estimate of drug-likeness (QED) is 0.911. The van der Waals surface area contributed by atoms with Gasteiger partial charge in [-0.1, -0.05) is 29.3 Å². The van der Waals surface area contributed by atoms with Crippen LogP contribution in [0.3, 0.4) is 0 Å². The lowest BCUT2D eigenvalue weighted by Gasteiger charge is -2.10. The molecule has 2 aromatic rings. The molecule has 2 rings (SSSR count). The average Bonchev–Trinajstić information content (AvgIpc) is 2.35. The molecular formula is C11H9Cl2N3O2S. The highest BCUT2D eigenvalue weighted by Crippen LogP contribution is 2.31. The van der Waals surface area contributed by atoms with E-state index in [1.54, 1.807) is 12.1 Å². The summed E-state index contributed by atoms with van der Waals surface area (Å²) in [4.78, 5) is 3.73. The molecule has 0 aliphatic heterocycles. The summed E-state index contributed by atoms with van der Waals surface area (Å²) in [6, 6.07) is 7.24. The Balaban J connectivity index is 2.39. The van der Waals surface area contributed by atoms with E-state index in [4.69, 9.17) is 28.9 Å². The molecule has 5 nitrogen and oxygen atoms in total. The van der Waals surface area contributed by atoms with E-state index in [9.17, 15) is 8.42 Å². The summed E-state index contributed by atoms with van der Waals surface area (Å²) >= 11 is 11.7. The molecule has 0 amide bonds. The Morgan fingerprint density at radius 1 is 1.21 bits per heavy atom. The third kappa shape index (κ3) is 3.09. The van der Waals surface area contributed by atoms with Gasteiger partial charge in [-0.05, 0) is 18.2 Å². The fraction of sp³-hybridized carbons (Fsp3) is 0. The van der Waals surface area contributed by atoms with Crippen molar-refractivity contribution in [2.75, 3.05) is 10.5 Å². The fourth-order valence-corrected chi connectivity index (χ4v) is 2.88. The molecule has 1 aromatic heterocycles. The van der Waals surface area contributed by atoms with Crippen LogP contribution in [0.15, 0.2) is 41.4 Å². The van der Waals surface area contributed by atoms with E-state index in [0.717, 1.165) is 0 Å². The zero-order chi connectivity index (χ0) is 14.0. The Labute approximate surface area is 120 Å². The Morgan fingerprint density at radius 3 is 2.63 bits per heavy atom. The number of rotatable bonds is 3. The molecular weight excluding hydrogens is 309 g/mol. The third-order valence-corrected chi connectivity index (χ3v) is 4.44. The standard InChI is InChI=1S/C11H9Cl2N3O2S/c12-8-2-1-3-9(11(8)13)16-19(17,18)7-4-5-15-10(14)6-7/h1-6,16H,(H2,14,15). The summed E-state index contributed by atoms with van der Waals surface area (Å²) < 4.78 is 26.6. The van der Waals surface area contributed by atoms with Crippen LogP contribution in [0.1, 0.15) is 0 Å². The van der Waals surface area contributed by atoms with Crippen LogP contribution >= 0.6 is 23.2 Å². The van der Waals surface area contributed by atoms with Crippen molar-refractivity contribution < 1.29 is 8.42 Å². The summed E-state index contributed by atoms with van der Waals surface area (Å²) in [5, 5.41) is 0.394. The van der Waals surface area contributed by atoms with Gasteiger partial charge in [0.25, 0.3) is 10.0 Å². The lowest BCUT2D eigenvalue weighted by Crippen LogP contribution is -2.13. The van der Waals surface area contributed by atoms with Gasteiger partial charge in [-0.2, -0.15) is 0 Å². The first kappa shape index (κ1) is 13.9. The van der Waals surface area contributed by atoms with Gasteiger partial charge < -0.3 is 5.73 Å². The number of hydrogen-bond acceptors (Lipinski definition) is 4. The van der Waals surface area contributed by atoms with Crippen molar-refractivity contribution in [2.24, 2.45) is 0 Å². The first-order valence-corrected chi connectivity index (χ1v) is 7.32. The molecule has 19 heavy (non-hydrogen) atoms. The second-order valence-electron chi connectivity index (χ2n) is 3.62. The van der Waals surface area contributed by atoms with E-state index in [1.807, 2.05) is 0 Å². The summed E-state index contributed by atoms with van der Waals surface area (Å²) in [5.41, 5.74) is 5.65. The molecule has 0 spiro atoms. The molecule has 0 atom stereocenters. The Hall–Kier alpha value is -1.50. The largest absolute Gasteiger partial charge is 0.384 e. The van der Waals surface area contributed by atoms with Crippen molar-refractivity contribution in [2.45, 2.75) is 4.90 Å². The van der Waals surface area contributed by atoms with Crippen LogP contribution < -0.4 is 10.5 Å². The highest BCUT2D eigenvalue weighted by Gasteiger charge is 2.17. The second kappa shape index (κ2) is 5.24. The number of halogens is 2. The fourth-order valence-electron chi connectivity index (χ4n) is 1.38. The lowest BCUT2D eigenvalue weighted by atomic mass is 10.3. The smallest absolute Gasteiger partial charge is 0.262 e. The predicted molar refractivity (Wildman–Crippen MR) is 75.9 cm³/mol. The van der Waals surface area contributed by atoms with E-state index in [2.05, 4.69) is 9.71 Å². The van der Waals surface area contributed by atoms with E-state index in [-0.39, 0.29) is 26.4 Å².